The summed E-state index contributed by atoms with van der Waals surface area (Å²) in [5, 5.41) is 5.73. The maximum atomic E-state index is 12.0. The molecule has 1 aromatic carbocycles. The van der Waals surface area contributed by atoms with Crippen molar-refractivity contribution < 1.29 is 9.59 Å². The largest absolute Gasteiger partial charge is 0.336 e. The summed E-state index contributed by atoms with van der Waals surface area (Å²) in [6.45, 7) is 4.48. The molecule has 5 heteroatoms. The molecule has 0 aromatic heterocycles. The number of amides is 2. The number of anilines is 1. The monoisotopic (exact) mass is 277 g/mol. The smallest absolute Gasteiger partial charge is 0.243 e. The summed E-state index contributed by atoms with van der Waals surface area (Å²) in [5.74, 6) is -0.378. The summed E-state index contributed by atoms with van der Waals surface area (Å²) < 4.78 is 0. The minimum absolute atomic E-state index is 0.0431. The van der Waals surface area contributed by atoms with Crippen molar-refractivity contribution in [3.63, 3.8) is 0 Å². The number of carbonyl (C=O) groups is 2. The number of benzene rings is 1. The van der Waals surface area contributed by atoms with Gasteiger partial charge in [0.1, 0.15) is 0 Å². The van der Waals surface area contributed by atoms with Crippen molar-refractivity contribution in [1.29, 1.82) is 0 Å². The van der Waals surface area contributed by atoms with Crippen LogP contribution in [0.1, 0.15) is 12.5 Å². The fourth-order valence-corrected chi connectivity index (χ4v) is 1.90. The van der Waals surface area contributed by atoms with Gasteiger partial charge in [-0.1, -0.05) is 24.6 Å². The van der Waals surface area contributed by atoms with Crippen LogP contribution in [0.4, 0.5) is 5.69 Å². The molecule has 0 saturated carbocycles. The van der Waals surface area contributed by atoms with Gasteiger partial charge in [-0.25, -0.2) is 0 Å². The summed E-state index contributed by atoms with van der Waals surface area (Å²) >= 11 is 0. The highest BCUT2D eigenvalue weighted by atomic mass is 16.2. The summed E-state index contributed by atoms with van der Waals surface area (Å²) in [6, 6.07) is 7.55. The van der Waals surface area contributed by atoms with E-state index in [2.05, 4.69) is 10.6 Å². The van der Waals surface area contributed by atoms with Crippen molar-refractivity contribution in [1.82, 2.24) is 10.2 Å². The van der Waals surface area contributed by atoms with E-state index in [-0.39, 0.29) is 24.3 Å². The molecular weight excluding hydrogens is 254 g/mol. The van der Waals surface area contributed by atoms with Gasteiger partial charge in [0.05, 0.1) is 6.54 Å². The van der Waals surface area contributed by atoms with Crippen LogP contribution >= 0.6 is 0 Å². The van der Waals surface area contributed by atoms with Crippen molar-refractivity contribution in [3.05, 3.63) is 29.8 Å². The number of hydrogen-bond acceptors (Lipinski definition) is 3. The third-order valence-corrected chi connectivity index (χ3v) is 3.02. The molecule has 1 unspecified atom stereocenters. The van der Waals surface area contributed by atoms with E-state index in [0.29, 0.717) is 6.54 Å². The maximum absolute atomic E-state index is 12.0. The van der Waals surface area contributed by atoms with Gasteiger partial charge in [0.2, 0.25) is 11.8 Å². The van der Waals surface area contributed by atoms with E-state index < -0.39 is 0 Å². The lowest BCUT2D eigenvalue weighted by Gasteiger charge is -2.20. The SMILES string of the molecule is CNCC(C)C(=O)N(C)CC(=O)Nc1ccc(C)cc1. The van der Waals surface area contributed by atoms with E-state index in [9.17, 15) is 9.59 Å². The highest BCUT2D eigenvalue weighted by Gasteiger charge is 2.18. The highest BCUT2D eigenvalue weighted by molar-refractivity contribution is 5.94. The van der Waals surface area contributed by atoms with Crippen LogP contribution in [0.15, 0.2) is 24.3 Å². The van der Waals surface area contributed by atoms with Gasteiger partial charge in [-0.05, 0) is 26.1 Å². The number of nitrogens with one attached hydrogen (secondary N) is 2. The standard InChI is InChI=1S/C15H23N3O2/c1-11-5-7-13(8-6-11)17-14(19)10-18(4)15(20)12(2)9-16-3/h5-8,12,16H,9-10H2,1-4H3,(H,17,19). The van der Waals surface area contributed by atoms with Gasteiger partial charge in [-0.2, -0.15) is 0 Å². The predicted molar refractivity (Wildman–Crippen MR) is 80.5 cm³/mol. The quantitative estimate of drug-likeness (QED) is 0.822. The molecule has 2 amide bonds. The molecule has 0 saturated heterocycles. The molecule has 1 atom stereocenters. The number of carbonyl (C=O) groups excluding carboxylic acids is 2. The number of aryl methyl sites for hydroxylation is 1. The van der Waals surface area contributed by atoms with Crippen molar-refractivity contribution in [3.8, 4) is 0 Å². The van der Waals surface area contributed by atoms with Crippen molar-refractivity contribution >= 4 is 17.5 Å². The Morgan fingerprint density at radius 3 is 2.40 bits per heavy atom. The Balaban J connectivity index is 2.49. The van der Waals surface area contributed by atoms with E-state index in [4.69, 9.17) is 0 Å². The molecule has 0 radical (unpaired) electrons. The Morgan fingerprint density at radius 1 is 1.25 bits per heavy atom. The molecule has 1 aromatic rings. The zero-order valence-corrected chi connectivity index (χ0v) is 12.6. The molecule has 1 rings (SSSR count). The van der Waals surface area contributed by atoms with Gasteiger partial charge >= 0.3 is 0 Å². The summed E-state index contributed by atoms with van der Waals surface area (Å²) in [4.78, 5) is 25.3. The van der Waals surface area contributed by atoms with Crippen molar-refractivity contribution in [2.75, 3.05) is 32.5 Å². The van der Waals surface area contributed by atoms with Gasteiger partial charge in [-0.15, -0.1) is 0 Å². The van der Waals surface area contributed by atoms with Crippen molar-refractivity contribution in [2.45, 2.75) is 13.8 Å². The first-order valence-corrected chi connectivity index (χ1v) is 6.70. The molecule has 0 aliphatic carbocycles. The summed E-state index contributed by atoms with van der Waals surface area (Å²) in [6.07, 6.45) is 0. The molecule has 0 aliphatic rings. The summed E-state index contributed by atoms with van der Waals surface area (Å²) in [5.41, 5.74) is 1.88. The predicted octanol–water partition coefficient (Wildman–Crippen LogP) is 1.25. The zero-order chi connectivity index (χ0) is 15.1. The third kappa shape index (κ3) is 5.01. The Bertz CT molecular complexity index is 457. The molecule has 2 N–H and O–H groups in total. The van der Waals surface area contributed by atoms with E-state index in [1.807, 2.05) is 38.1 Å². The van der Waals surface area contributed by atoms with Crippen molar-refractivity contribution in [2.24, 2.45) is 5.92 Å². The minimum Gasteiger partial charge on any atom is -0.336 e. The Labute approximate surface area is 120 Å². The van der Waals surface area contributed by atoms with Crippen LogP contribution in [-0.4, -0.2) is 43.9 Å². The Morgan fingerprint density at radius 2 is 1.85 bits per heavy atom. The van der Waals surface area contributed by atoms with Gasteiger partial charge in [0, 0.05) is 25.2 Å². The topological polar surface area (TPSA) is 61.4 Å². The second-order valence-corrected chi connectivity index (χ2v) is 5.07. The fraction of sp³-hybridized carbons (Fsp3) is 0.467. The van der Waals surface area contributed by atoms with Crippen LogP contribution in [0.5, 0.6) is 0 Å². The van der Waals surface area contributed by atoms with E-state index in [0.717, 1.165) is 11.3 Å². The number of hydrogen-bond donors (Lipinski definition) is 2. The van der Waals surface area contributed by atoms with Gasteiger partial charge in [0.25, 0.3) is 0 Å². The lowest BCUT2D eigenvalue weighted by Crippen LogP contribution is -2.40. The second kappa shape index (κ2) is 7.65. The third-order valence-electron chi connectivity index (χ3n) is 3.02. The number of nitrogens with zero attached hydrogens (tertiary/aromatic N) is 1. The summed E-state index contributed by atoms with van der Waals surface area (Å²) in [7, 11) is 3.44. The first-order valence-electron chi connectivity index (χ1n) is 6.70. The van der Waals surface area contributed by atoms with E-state index in [1.54, 1.807) is 14.1 Å². The number of likely N-dealkylation sites (N-methyl/N-ethyl adjacent to an activating group) is 1. The average Bonchev–Trinajstić information content (AvgIpc) is 2.40. The van der Waals surface area contributed by atoms with Gasteiger partial charge in [0.15, 0.2) is 0 Å². The van der Waals surface area contributed by atoms with Gasteiger partial charge < -0.3 is 15.5 Å². The lowest BCUT2D eigenvalue weighted by molar-refractivity contribution is -0.136. The molecule has 5 nitrogen and oxygen atoms in total. The van der Waals surface area contributed by atoms with Crippen LogP contribution in [0.2, 0.25) is 0 Å². The molecule has 20 heavy (non-hydrogen) atoms. The van der Waals surface area contributed by atoms with E-state index >= 15 is 0 Å². The molecule has 0 bridgehead atoms. The lowest BCUT2D eigenvalue weighted by atomic mass is 10.1. The van der Waals surface area contributed by atoms with Crippen LogP contribution in [0.3, 0.4) is 0 Å². The molecule has 0 spiro atoms. The molecule has 0 aliphatic heterocycles. The van der Waals surface area contributed by atoms with Crippen LogP contribution in [0.25, 0.3) is 0 Å². The van der Waals surface area contributed by atoms with Crippen LogP contribution in [0, 0.1) is 12.8 Å². The Hall–Kier alpha value is -1.88. The average molecular weight is 277 g/mol. The molecule has 0 fully saturated rings. The molecule has 110 valence electrons. The first kappa shape index (κ1) is 16.2. The zero-order valence-electron chi connectivity index (χ0n) is 12.6. The van der Waals surface area contributed by atoms with Crippen LogP contribution < -0.4 is 10.6 Å². The fourth-order valence-electron chi connectivity index (χ4n) is 1.90. The number of rotatable bonds is 6. The minimum atomic E-state index is -0.193. The maximum Gasteiger partial charge on any atom is 0.243 e. The first-order chi connectivity index (χ1) is 9.43. The normalized spacial score (nSPS) is 11.8. The van der Waals surface area contributed by atoms with Gasteiger partial charge in [-0.3, -0.25) is 9.59 Å². The van der Waals surface area contributed by atoms with E-state index in [1.165, 1.54) is 4.90 Å². The van der Waals surface area contributed by atoms with Crippen LogP contribution in [-0.2, 0) is 9.59 Å². The highest BCUT2D eigenvalue weighted by Crippen LogP contribution is 2.08. The second-order valence-electron chi connectivity index (χ2n) is 5.07. The molecule has 0 heterocycles. The Kier molecular flexibility index (Phi) is 6.18. The molecular formula is C15H23N3O2.